The van der Waals surface area contributed by atoms with Gasteiger partial charge in [-0.05, 0) is 24.3 Å². The number of nitrogens with two attached hydrogens (primary N) is 1. The summed E-state index contributed by atoms with van der Waals surface area (Å²) in [6.07, 6.45) is 3.13. The maximum atomic E-state index is 12.1. The van der Waals surface area contributed by atoms with Crippen molar-refractivity contribution >= 4 is 5.91 Å². The second-order valence-electron chi connectivity index (χ2n) is 4.74. The van der Waals surface area contributed by atoms with E-state index in [2.05, 4.69) is 0 Å². The van der Waals surface area contributed by atoms with E-state index in [4.69, 9.17) is 5.73 Å². The van der Waals surface area contributed by atoms with Crippen LogP contribution in [0.4, 0.5) is 0 Å². The van der Waals surface area contributed by atoms with Gasteiger partial charge in [-0.1, -0.05) is 30.3 Å². The molecular formula is C14H20N2O. The fourth-order valence-corrected chi connectivity index (χ4v) is 1.95. The first-order valence-electron chi connectivity index (χ1n) is 6.31. The molecule has 3 heteroatoms. The lowest BCUT2D eigenvalue weighted by molar-refractivity contribution is -0.132. The minimum absolute atomic E-state index is 0.252. The van der Waals surface area contributed by atoms with Gasteiger partial charge in [0.1, 0.15) is 0 Å². The van der Waals surface area contributed by atoms with Crippen molar-refractivity contribution in [2.45, 2.75) is 25.8 Å². The zero-order valence-corrected chi connectivity index (χ0v) is 10.1. The summed E-state index contributed by atoms with van der Waals surface area (Å²) < 4.78 is 0. The molecule has 1 fully saturated rings. The highest BCUT2D eigenvalue weighted by molar-refractivity contribution is 5.76. The molecule has 0 atom stereocenters. The van der Waals surface area contributed by atoms with Crippen molar-refractivity contribution in [3.63, 3.8) is 0 Å². The van der Waals surface area contributed by atoms with Gasteiger partial charge in [-0.25, -0.2) is 0 Å². The smallest absolute Gasteiger partial charge is 0.223 e. The molecule has 0 aliphatic heterocycles. The normalized spacial score (nSPS) is 14.6. The zero-order valence-electron chi connectivity index (χ0n) is 10.1. The number of carbonyl (C=O) groups is 1. The van der Waals surface area contributed by atoms with Crippen molar-refractivity contribution in [1.29, 1.82) is 0 Å². The number of rotatable bonds is 6. The Kier molecular flexibility index (Phi) is 4.15. The summed E-state index contributed by atoms with van der Waals surface area (Å²) >= 11 is 0. The van der Waals surface area contributed by atoms with E-state index in [1.54, 1.807) is 0 Å². The quantitative estimate of drug-likeness (QED) is 0.812. The van der Waals surface area contributed by atoms with Crippen LogP contribution in [0.5, 0.6) is 0 Å². The van der Waals surface area contributed by atoms with Gasteiger partial charge in [0, 0.05) is 26.1 Å². The van der Waals surface area contributed by atoms with Crippen molar-refractivity contribution in [3.05, 3.63) is 35.9 Å². The Bertz CT molecular complexity index is 360. The molecule has 17 heavy (non-hydrogen) atoms. The summed E-state index contributed by atoms with van der Waals surface area (Å²) in [5, 5.41) is 0. The Labute approximate surface area is 103 Å². The lowest BCUT2D eigenvalue weighted by atomic mass is 10.2. The molecule has 0 bridgehead atoms. The van der Waals surface area contributed by atoms with Gasteiger partial charge in [-0.2, -0.15) is 0 Å². The molecule has 3 nitrogen and oxygen atoms in total. The molecule has 1 aliphatic carbocycles. The highest BCUT2D eigenvalue weighted by Crippen LogP contribution is 2.32. The average Bonchev–Trinajstić information content (AvgIpc) is 3.14. The molecule has 1 amide bonds. The minimum atomic E-state index is 0.252. The fourth-order valence-electron chi connectivity index (χ4n) is 1.95. The third-order valence-electron chi connectivity index (χ3n) is 3.13. The lowest BCUT2D eigenvalue weighted by Crippen LogP contribution is -2.35. The van der Waals surface area contributed by atoms with Crippen LogP contribution < -0.4 is 5.73 Å². The Hall–Kier alpha value is -1.35. The largest absolute Gasteiger partial charge is 0.337 e. The van der Waals surface area contributed by atoms with Gasteiger partial charge in [0.15, 0.2) is 0 Å². The molecule has 0 spiro atoms. The van der Waals surface area contributed by atoms with Crippen molar-refractivity contribution < 1.29 is 4.79 Å². The van der Waals surface area contributed by atoms with Crippen LogP contribution in [0.3, 0.4) is 0 Å². The molecule has 0 radical (unpaired) electrons. The van der Waals surface area contributed by atoms with Crippen LogP contribution in [0, 0.1) is 5.92 Å². The van der Waals surface area contributed by atoms with E-state index in [1.165, 1.54) is 18.4 Å². The highest BCUT2D eigenvalue weighted by atomic mass is 16.2. The Morgan fingerprint density at radius 2 is 2.00 bits per heavy atom. The molecule has 0 aromatic heterocycles. The molecule has 1 saturated carbocycles. The first-order valence-corrected chi connectivity index (χ1v) is 6.31. The van der Waals surface area contributed by atoms with Gasteiger partial charge in [-0.15, -0.1) is 0 Å². The molecule has 2 rings (SSSR count). The summed E-state index contributed by atoms with van der Waals surface area (Å²) in [6, 6.07) is 10.1. The molecule has 0 saturated heterocycles. The summed E-state index contributed by atoms with van der Waals surface area (Å²) in [5.74, 6) is 0.889. The summed E-state index contributed by atoms with van der Waals surface area (Å²) in [4.78, 5) is 13.9. The molecule has 2 N–H and O–H groups in total. The number of benzene rings is 1. The molecule has 1 aromatic carbocycles. The summed E-state index contributed by atoms with van der Waals surface area (Å²) in [7, 11) is 0. The lowest BCUT2D eigenvalue weighted by Gasteiger charge is -2.22. The Morgan fingerprint density at radius 1 is 1.29 bits per heavy atom. The number of hydrogen-bond donors (Lipinski definition) is 1. The second kappa shape index (κ2) is 5.82. The third kappa shape index (κ3) is 3.86. The van der Waals surface area contributed by atoms with Crippen LogP contribution in [0.1, 0.15) is 24.8 Å². The maximum Gasteiger partial charge on any atom is 0.223 e. The van der Waals surface area contributed by atoms with E-state index in [-0.39, 0.29) is 5.91 Å². The van der Waals surface area contributed by atoms with Crippen molar-refractivity contribution in [3.8, 4) is 0 Å². The highest BCUT2D eigenvalue weighted by Gasteiger charge is 2.26. The third-order valence-corrected chi connectivity index (χ3v) is 3.13. The van der Waals surface area contributed by atoms with Crippen molar-refractivity contribution in [2.24, 2.45) is 11.7 Å². The van der Waals surface area contributed by atoms with Gasteiger partial charge in [-0.3, -0.25) is 4.79 Å². The van der Waals surface area contributed by atoms with Crippen LogP contribution in [-0.2, 0) is 11.3 Å². The van der Waals surface area contributed by atoms with E-state index in [9.17, 15) is 4.79 Å². The molecule has 92 valence electrons. The van der Waals surface area contributed by atoms with Crippen molar-refractivity contribution in [2.75, 3.05) is 13.1 Å². The molecular weight excluding hydrogens is 212 g/mol. The minimum Gasteiger partial charge on any atom is -0.337 e. The van der Waals surface area contributed by atoms with Gasteiger partial charge < -0.3 is 10.6 Å². The van der Waals surface area contributed by atoms with Gasteiger partial charge >= 0.3 is 0 Å². The van der Waals surface area contributed by atoms with Crippen LogP contribution in [0.15, 0.2) is 30.3 Å². The first-order chi connectivity index (χ1) is 8.29. The zero-order chi connectivity index (χ0) is 12.1. The standard InChI is InChI=1S/C14H20N2O/c15-8-9-16(14(17)10-12-6-7-12)11-13-4-2-1-3-5-13/h1-5,12H,6-11,15H2. The number of carbonyl (C=O) groups excluding carboxylic acids is 1. The van der Waals surface area contributed by atoms with E-state index < -0.39 is 0 Å². The summed E-state index contributed by atoms with van der Waals surface area (Å²) in [5.41, 5.74) is 6.74. The van der Waals surface area contributed by atoms with Crippen LogP contribution >= 0.6 is 0 Å². The maximum absolute atomic E-state index is 12.1. The Morgan fingerprint density at radius 3 is 2.59 bits per heavy atom. The van der Waals surface area contributed by atoms with Crippen LogP contribution in [-0.4, -0.2) is 23.9 Å². The first kappa shape index (κ1) is 12.1. The van der Waals surface area contributed by atoms with Gasteiger partial charge in [0.25, 0.3) is 0 Å². The van der Waals surface area contributed by atoms with Crippen LogP contribution in [0.2, 0.25) is 0 Å². The van der Waals surface area contributed by atoms with E-state index in [1.807, 2.05) is 35.2 Å². The van der Waals surface area contributed by atoms with Gasteiger partial charge in [0.05, 0.1) is 0 Å². The average molecular weight is 232 g/mol. The molecule has 0 heterocycles. The second-order valence-corrected chi connectivity index (χ2v) is 4.74. The number of hydrogen-bond acceptors (Lipinski definition) is 2. The topological polar surface area (TPSA) is 46.3 Å². The van der Waals surface area contributed by atoms with E-state index in [0.717, 1.165) is 0 Å². The monoisotopic (exact) mass is 232 g/mol. The predicted molar refractivity (Wildman–Crippen MR) is 68.3 cm³/mol. The van der Waals surface area contributed by atoms with Crippen LogP contribution in [0.25, 0.3) is 0 Å². The SMILES string of the molecule is NCCN(Cc1ccccc1)C(=O)CC1CC1. The number of amides is 1. The van der Waals surface area contributed by atoms with E-state index >= 15 is 0 Å². The fraction of sp³-hybridized carbons (Fsp3) is 0.500. The predicted octanol–water partition coefficient (Wildman–Crippen LogP) is 1.77. The number of nitrogens with zero attached hydrogens (tertiary/aromatic N) is 1. The van der Waals surface area contributed by atoms with Crippen molar-refractivity contribution in [1.82, 2.24) is 4.90 Å². The molecule has 1 aromatic rings. The molecule has 0 unspecified atom stereocenters. The Balaban J connectivity index is 1.93. The summed E-state index contributed by atoms with van der Waals surface area (Å²) in [6.45, 7) is 1.87. The molecule has 1 aliphatic rings. The van der Waals surface area contributed by atoms with Gasteiger partial charge in [0.2, 0.25) is 5.91 Å². The van der Waals surface area contributed by atoms with E-state index in [0.29, 0.717) is 32.0 Å².